The van der Waals surface area contributed by atoms with Crippen molar-refractivity contribution in [2.75, 3.05) is 19.7 Å². The van der Waals surface area contributed by atoms with Gasteiger partial charge in [0.25, 0.3) is 0 Å². The van der Waals surface area contributed by atoms with Gasteiger partial charge in [-0.25, -0.2) is 9.59 Å². The lowest BCUT2D eigenvalue weighted by Crippen LogP contribution is -2.54. The Balaban J connectivity index is 2.65. The van der Waals surface area contributed by atoms with E-state index in [1.807, 2.05) is 0 Å². The van der Waals surface area contributed by atoms with E-state index in [4.69, 9.17) is 15.2 Å². The Morgan fingerprint density at radius 3 is 2.43 bits per heavy atom. The van der Waals surface area contributed by atoms with E-state index in [1.165, 1.54) is 4.90 Å². The maximum atomic E-state index is 11.9. The van der Waals surface area contributed by atoms with Crippen LogP contribution in [0.15, 0.2) is 0 Å². The second-order valence-electron chi connectivity index (χ2n) is 6.70. The van der Waals surface area contributed by atoms with Crippen molar-refractivity contribution in [3.63, 3.8) is 0 Å². The van der Waals surface area contributed by atoms with Crippen molar-refractivity contribution >= 4 is 18.1 Å². The number of rotatable bonds is 4. The van der Waals surface area contributed by atoms with Gasteiger partial charge in [0, 0.05) is 13.1 Å². The Morgan fingerprint density at radius 2 is 1.91 bits per heavy atom. The lowest BCUT2D eigenvalue weighted by Gasteiger charge is -2.37. The smallest absolute Gasteiger partial charge is 0.407 e. The van der Waals surface area contributed by atoms with Crippen molar-refractivity contribution in [2.24, 2.45) is 11.7 Å². The first-order valence-corrected chi connectivity index (χ1v) is 7.80. The van der Waals surface area contributed by atoms with Crippen LogP contribution in [-0.4, -0.2) is 54.3 Å². The van der Waals surface area contributed by atoms with E-state index in [2.05, 4.69) is 5.32 Å². The van der Waals surface area contributed by atoms with E-state index >= 15 is 0 Å². The highest BCUT2D eigenvalue weighted by molar-refractivity contribution is 5.73. The number of amides is 3. The number of alkyl carbamates (subject to hydrolysis) is 1. The van der Waals surface area contributed by atoms with Gasteiger partial charge in [-0.3, -0.25) is 4.79 Å². The first kappa shape index (κ1) is 19.1. The fourth-order valence-corrected chi connectivity index (χ4v) is 2.57. The molecule has 0 aromatic rings. The maximum absolute atomic E-state index is 11.9. The van der Waals surface area contributed by atoms with Gasteiger partial charge in [-0.05, 0) is 40.0 Å². The average Bonchev–Trinajstić information content (AvgIpc) is 2.35. The van der Waals surface area contributed by atoms with Crippen LogP contribution < -0.4 is 11.1 Å². The Morgan fingerprint density at radius 1 is 1.26 bits per heavy atom. The number of carbonyl (C=O) groups excluding carboxylic acids is 3. The Hall–Kier alpha value is -1.99. The van der Waals surface area contributed by atoms with E-state index in [1.54, 1.807) is 27.7 Å². The maximum Gasteiger partial charge on any atom is 0.407 e. The van der Waals surface area contributed by atoms with E-state index in [9.17, 15) is 14.4 Å². The molecular formula is C15H27N3O5. The summed E-state index contributed by atoms with van der Waals surface area (Å²) >= 11 is 0. The van der Waals surface area contributed by atoms with Crippen LogP contribution in [0.2, 0.25) is 0 Å². The largest absolute Gasteiger partial charge is 0.466 e. The summed E-state index contributed by atoms with van der Waals surface area (Å²) in [7, 11) is 0. The van der Waals surface area contributed by atoms with Crippen LogP contribution in [0.25, 0.3) is 0 Å². The Kier molecular flexibility index (Phi) is 6.65. The van der Waals surface area contributed by atoms with Crippen LogP contribution in [0.3, 0.4) is 0 Å². The molecule has 0 saturated carbocycles. The standard InChI is InChI=1S/C15H27N3O5/c1-5-22-12(19)7-10-6-11(9-18(8-10)13(16)20)17-14(21)23-15(2,3)4/h10-11H,5-9H2,1-4H3,(H2,16,20)(H,17,21). The zero-order valence-electron chi connectivity index (χ0n) is 14.3. The Bertz CT molecular complexity index is 447. The van der Waals surface area contributed by atoms with E-state index in [-0.39, 0.29) is 24.3 Å². The van der Waals surface area contributed by atoms with Crippen LogP contribution >= 0.6 is 0 Å². The van der Waals surface area contributed by atoms with Crippen LogP contribution in [0.4, 0.5) is 9.59 Å². The van der Waals surface area contributed by atoms with Gasteiger partial charge in [0.15, 0.2) is 0 Å². The molecule has 1 saturated heterocycles. The molecule has 0 aliphatic carbocycles. The highest BCUT2D eigenvalue weighted by Crippen LogP contribution is 2.21. The summed E-state index contributed by atoms with van der Waals surface area (Å²) < 4.78 is 10.2. The zero-order valence-corrected chi connectivity index (χ0v) is 14.3. The van der Waals surface area contributed by atoms with Crippen LogP contribution in [0.5, 0.6) is 0 Å². The van der Waals surface area contributed by atoms with Gasteiger partial charge in [-0.1, -0.05) is 0 Å². The number of piperidine rings is 1. The van der Waals surface area contributed by atoms with Crippen molar-refractivity contribution < 1.29 is 23.9 Å². The second kappa shape index (κ2) is 8.03. The van der Waals surface area contributed by atoms with Gasteiger partial charge in [-0.2, -0.15) is 0 Å². The summed E-state index contributed by atoms with van der Waals surface area (Å²) in [5.41, 5.74) is 4.74. The van der Waals surface area contributed by atoms with E-state index in [0.717, 1.165) is 0 Å². The van der Waals surface area contributed by atoms with Gasteiger partial charge >= 0.3 is 18.1 Å². The molecular weight excluding hydrogens is 302 g/mol. The number of nitrogens with zero attached hydrogens (tertiary/aromatic N) is 1. The molecule has 1 rings (SSSR count). The second-order valence-corrected chi connectivity index (χ2v) is 6.70. The molecule has 23 heavy (non-hydrogen) atoms. The van der Waals surface area contributed by atoms with Crippen molar-refractivity contribution in [3.05, 3.63) is 0 Å². The molecule has 1 heterocycles. The number of esters is 1. The van der Waals surface area contributed by atoms with Crippen LogP contribution in [-0.2, 0) is 14.3 Å². The number of urea groups is 1. The van der Waals surface area contributed by atoms with Gasteiger partial charge in [0.1, 0.15) is 5.60 Å². The molecule has 3 amide bonds. The lowest BCUT2D eigenvalue weighted by molar-refractivity contribution is -0.144. The van der Waals surface area contributed by atoms with Crippen molar-refractivity contribution in [1.82, 2.24) is 10.2 Å². The summed E-state index contributed by atoms with van der Waals surface area (Å²) in [4.78, 5) is 36.4. The molecule has 0 aromatic heterocycles. The minimum atomic E-state index is -0.605. The van der Waals surface area contributed by atoms with Gasteiger partial charge in [0.05, 0.1) is 19.1 Å². The molecule has 1 fully saturated rings. The molecule has 2 atom stereocenters. The summed E-state index contributed by atoms with van der Waals surface area (Å²) in [5.74, 6) is -0.435. The molecule has 8 heteroatoms. The molecule has 8 nitrogen and oxygen atoms in total. The first-order valence-electron chi connectivity index (χ1n) is 7.80. The van der Waals surface area contributed by atoms with Gasteiger partial charge in [-0.15, -0.1) is 0 Å². The van der Waals surface area contributed by atoms with Crippen LogP contribution in [0.1, 0.15) is 40.5 Å². The third-order valence-electron chi connectivity index (χ3n) is 3.33. The first-order chi connectivity index (χ1) is 10.6. The molecule has 0 bridgehead atoms. The topological polar surface area (TPSA) is 111 Å². The minimum absolute atomic E-state index is 0.116. The predicted molar refractivity (Wildman–Crippen MR) is 83.7 cm³/mol. The highest BCUT2D eigenvalue weighted by Gasteiger charge is 2.32. The number of primary amides is 1. The Labute approximate surface area is 136 Å². The molecule has 1 aliphatic rings. The minimum Gasteiger partial charge on any atom is -0.466 e. The summed E-state index contributed by atoms with van der Waals surface area (Å²) in [5, 5.41) is 2.73. The normalized spacial score (nSPS) is 21.5. The molecule has 1 aliphatic heterocycles. The van der Waals surface area contributed by atoms with Crippen molar-refractivity contribution in [3.8, 4) is 0 Å². The van der Waals surface area contributed by atoms with Crippen LogP contribution in [0, 0.1) is 5.92 Å². The third kappa shape index (κ3) is 7.21. The number of nitrogens with one attached hydrogen (secondary N) is 1. The average molecular weight is 329 g/mol. The lowest BCUT2D eigenvalue weighted by atomic mass is 9.91. The number of likely N-dealkylation sites (tertiary alicyclic amines) is 1. The number of hydrogen-bond acceptors (Lipinski definition) is 5. The summed E-state index contributed by atoms with van der Waals surface area (Å²) in [6, 6.07) is -0.889. The van der Waals surface area contributed by atoms with E-state index in [0.29, 0.717) is 26.1 Å². The molecule has 132 valence electrons. The number of nitrogens with two attached hydrogens (primary N) is 1. The third-order valence-corrected chi connectivity index (χ3v) is 3.33. The number of carbonyl (C=O) groups is 3. The fraction of sp³-hybridized carbons (Fsp3) is 0.800. The summed E-state index contributed by atoms with van der Waals surface area (Å²) in [6.45, 7) is 8.03. The number of hydrogen-bond donors (Lipinski definition) is 2. The van der Waals surface area contributed by atoms with Gasteiger partial charge < -0.3 is 25.4 Å². The van der Waals surface area contributed by atoms with Crippen molar-refractivity contribution in [1.29, 1.82) is 0 Å². The van der Waals surface area contributed by atoms with Crippen molar-refractivity contribution in [2.45, 2.75) is 52.2 Å². The molecule has 0 radical (unpaired) electrons. The summed E-state index contributed by atoms with van der Waals surface area (Å²) in [6.07, 6.45) is 0.190. The number of ether oxygens (including phenoxy) is 2. The molecule has 2 unspecified atom stereocenters. The monoisotopic (exact) mass is 329 g/mol. The quantitative estimate of drug-likeness (QED) is 0.754. The van der Waals surface area contributed by atoms with E-state index < -0.39 is 17.7 Å². The zero-order chi connectivity index (χ0) is 17.6. The SMILES string of the molecule is CCOC(=O)CC1CC(NC(=O)OC(C)(C)C)CN(C(N)=O)C1. The van der Waals surface area contributed by atoms with Gasteiger partial charge in [0.2, 0.25) is 0 Å². The molecule has 0 spiro atoms. The predicted octanol–water partition coefficient (Wildman–Crippen LogP) is 1.23. The molecule has 0 aromatic carbocycles. The fourth-order valence-electron chi connectivity index (χ4n) is 2.57. The molecule has 3 N–H and O–H groups in total. The highest BCUT2D eigenvalue weighted by atomic mass is 16.6.